The predicted molar refractivity (Wildman–Crippen MR) is 97.6 cm³/mol. The van der Waals surface area contributed by atoms with Crippen molar-refractivity contribution >= 4 is 45.4 Å². The summed E-state index contributed by atoms with van der Waals surface area (Å²) < 4.78 is 18.3. The summed E-state index contributed by atoms with van der Waals surface area (Å²) in [6, 6.07) is 10.9. The van der Waals surface area contributed by atoms with Crippen LogP contribution in [0.2, 0.25) is 5.02 Å². The van der Waals surface area contributed by atoms with E-state index in [1.165, 1.54) is 18.2 Å². The first kappa shape index (κ1) is 17.2. The zero-order valence-corrected chi connectivity index (χ0v) is 14.6. The van der Waals surface area contributed by atoms with Crippen LogP contribution in [0, 0.1) is 5.82 Å². The van der Waals surface area contributed by atoms with Crippen LogP contribution in [0.25, 0.3) is 0 Å². The third-order valence-corrected chi connectivity index (χ3v) is 4.66. The maximum atomic E-state index is 13.2. The van der Waals surface area contributed by atoms with E-state index in [0.29, 0.717) is 27.0 Å². The topological polar surface area (TPSA) is 77.2 Å². The average Bonchev–Trinajstić information content (AvgIpc) is 2.98. The van der Waals surface area contributed by atoms with Gasteiger partial charge in [-0.15, -0.1) is 0 Å². The van der Waals surface area contributed by atoms with E-state index in [0.717, 1.165) is 11.3 Å². The van der Waals surface area contributed by atoms with Crippen LogP contribution in [0.5, 0.6) is 5.75 Å². The van der Waals surface area contributed by atoms with Crippen LogP contribution in [0.15, 0.2) is 42.5 Å². The Morgan fingerprint density at radius 1 is 1.28 bits per heavy atom. The van der Waals surface area contributed by atoms with Crippen molar-refractivity contribution in [3.05, 3.63) is 63.7 Å². The molecule has 0 spiro atoms. The molecule has 2 aromatic carbocycles. The molecule has 0 aliphatic carbocycles. The van der Waals surface area contributed by atoms with Crippen LogP contribution in [-0.4, -0.2) is 17.9 Å². The lowest BCUT2D eigenvalue weighted by Crippen LogP contribution is -2.02. The molecule has 0 saturated heterocycles. The Morgan fingerprint density at radius 2 is 2.00 bits per heavy atom. The number of anilines is 3. The van der Waals surface area contributed by atoms with Gasteiger partial charge in [0.1, 0.15) is 22.3 Å². The lowest BCUT2D eigenvalue weighted by Gasteiger charge is -2.03. The zero-order valence-electron chi connectivity index (χ0n) is 13.0. The van der Waals surface area contributed by atoms with Gasteiger partial charge in [-0.1, -0.05) is 22.9 Å². The predicted octanol–water partition coefficient (Wildman–Crippen LogP) is 4.50. The fraction of sp³-hybridized carbons (Fsp3) is 0.0588. The number of benzene rings is 2. The molecule has 0 bridgehead atoms. The minimum Gasteiger partial charge on any atom is -0.497 e. The highest BCUT2D eigenvalue weighted by atomic mass is 35.5. The van der Waals surface area contributed by atoms with E-state index >= 15 is 0 Å². The van der Waals surface area contributed by atoms with Gasteiger partial charge < -0.3 is 15.8 Å². The van der Waals surface area contributed by atoms with Crippen molar-refractivity contribution in [2.75, 3.05) is 18.2 Å². The normalized spacial score (nSPS) is 10.5. The number of ether oxygens (including phenoxy) is 1. The van der Waals surface area contributed by atoms with Gasteiger partial charge in [-0.05, 0) is 42.5 Å². The molecule has 1 heterocycles. The summed E-state index contributed by atoms with van der Waals surface area (Å²) in [5.41, 5.74) is 6.90. The van der Waals surface area contributed by atoms with Crippen molar-refractivity contribution in [2.45, 2.75) is 0 Å². The summed E-state index contributed by atoms with van der Waals surface area (Å²) >= 11 is 6.86. The lowest BCUT2D eigenvalue weighted by atomic mass is 10.1. The van der Waals surface area contributed by atoms with E-state index < -0.39 is 5.82 Å². The van der Waals surface area contributed by atoms with Gasteiger partial charge >= 0.3 is 0 Å². The van der Waals surface area contributed by atoms with E-state index in [4.69, 9.17) is 22.1 Å². The average molecular weight is 378 g/mol. The van der Waals surface area contributed by atoms with E-state index in [1.807, 2.05) is 0 Å². The number of ketones is 1. The van der Waals surface area contributed by atoms with Crippen LogP contribution in [0.4, 0.5) is 21.0 Å². The highest BCUT2D eigenvalue weighted by Crippen LogP contribution is 2.31. The first-order valence-electron chi connectivity index (χ1n) is 7.15. The van der Waals surface area contributed by atoms with Crippen LogP contribution >= 0.6 is 22.9 Å². The lowest BCUT2D eigenvalue weighted by molar-refractivity contribution is 0.104. The third kappa shape index (κ3) is 3.72. The molecule has 0 atom stereocenters. The Morgan fingerprint density at radius 3 is 2.64 bits per heavy atom. The Kier molecular flexibility index (Phi) is 4.87. The molecule has 3 rings (SSSR count). The monoisotopic (exact) mass is 377 g/mol. The molecule has 0 saturated carbocycles. The van der Waals surface area contributed by atoms with Crippen LogP contribution < -0.4 is 15.8 Å². The Labute approximate surface area is 152 Å². The quantitative estimate of drug-likeness (QED) is 0.640. The Balaban J connectivity index is 1.83. The second-order valence-electron chi connectivity index (χ2n) is 5.04. The van der Waals surface area contributed by atoms with Gasteiger partial charge in [0.05, 0.1) is 12.1 Å². The number of nitrogen functional groups attached to an aromatic ring is 1. The zero-order chi connectivity index (χ0) is 18.0. The van der Waals surface area contributed by atoms with E-state index in [-0.39, 0.29) is 16.6 Å². The number of nitrogens with zero attached hydrogens (tertiary/aromatic N) is 1. The number of hydrogen-bond donors (Lipinski definition) is 2. The van der Waals surface area contributed by atoms with E-state index in [1.54, 1.807) is 31.4 Å². The van der Waals surface area contributed by atoms with Gasteiger partial charge in [0.2, 0.25) is 5.78 Å². The molecule has 1 aromatic heterocycles. The second kappa shape index (κ2) is 7.08. The minimum absolute atomic E-state index is 0.0101. The molecule has 0 aliphatic heterocycles. The number of methoxy groups -OCH3 is 1. The largest absolute Gasteiger partial charge is 0.497 e. The molecule has 8 heteroatoms. The Hall–Kier alpha value is -2.64. The first-order valence-corrected chi connectivity index (χ1v) is 8.34. The van der Waals surface area contributed by atoms with Crippen molar-refractivity contribution in [2.24, 2.45) is 0 Å². The molecule has 0 radical (unpaired) electrons. The fourth-order valence-corrected chi connectivity index (χ4v) is 3.17. The summed E-state index contributed by atoms with van der Waals surface area (Å²) in [4.78, 5) is 17.0. The van der Waals surface area contributed by atoms with Crippen molar-refractivity contribution in [3.8, 4) is 5.75 Å². The van der Waals surface area contributed by atoms with Crippen LogP contribution in [-0.2, 0) is 0 Å². The van der Waals surface area contributed by atoms with Crippen molar-refractivity contribution in [1.29, 1.82) is 0 Å². The van der Waals surface area contributed by atoms with Gasteiger partial charge in [-0.25, -0.2) is 9.37 Å². The molecule has 0 amide bonds. The number of halogens is 2. The maximum absolute atomic E-state index is 13.2. The smallest absolute Gasteiger partial charge is 0.206 e. The molecule has 3 N–H and O–H groups in total. The number of thiazole rings is 1. The second-order valence-corrected chi connectivity index (χ2v) is 6.45. The summed E-state index contributed by atoms with van der Waals surface area (Å²) in [5, 5.41) is 3.37. The van der Waals surface area contributed by atoms with Crippen LogP contribution in [0.3, 0.4) is 0 Å². The molecular formula is C17H13ClFN3O2S. The molecular weight excluding hydrogens is 365 g/mol. The molecule has 3 aromatic rings. The molecule has 128 valence electrons. The minimum atomic E-state index is -0.513. The number of rotatable bonds is 5. The number of hydrogen-bond acceptors (Lipinski definition) is 6. The summed E-state index contributed by atoms with van der Waals surface area (Å²) in [6.07, 6.45) is 0. The summed E-state index contributed by atoms with van der Waals surface area (Å²) in [5.74, 6) is 0.0370. The number of nitrogens with two attached hydrogens (primary N) is 1. The van der Waals surface area contributed by atoms with E-state index in [9.17, 15) is 9.18 Å². The van der Waals surface area contributed by atoms with Crippen molar-refractivity contribution in [1.82, 2.24) is 4.98 Å². The SMILES string of the molecule is COc1ccc(C(=O)c2sc(Nc3ccc(F)c(Cl)c3)nc2N)cc1. The number of nitrogens with one attached hydrogen (secondary N) is 1. The molecule has 25 heavy (non-hydrogen) atoms. The van der Waals surface area contributed by atoms with Gasteiger partial charge in [0.25, 0.3) is 0 Å². The first-order chi connectivity index (χ1) is 12.0. The number of carbonyl (C=O) groups is 1. The molecule has 0 aliphatic rings. The number of aromatic nitrogens is 1. The van der Waals surface area contributed by atoms with Gasteiger partial charge in [0, 0.05) is 11.3 Å². The van der Waals surface area contributed by atoms with Gasteiger partial charge in [-0.2, -0.15) is 0 Å². The Bertz CT molecular complexity index is 928. The summed E-state index contributed by atoms with van der Waals surface area (Å²) in [7, 11) is 1.55. The third-order valence-electron chi connectivity index (χ3n) is 3.38. The number of carbonyl (C=O) groups excluding carboxylic acids is 1. The highest BCUT2D eigenvalue weighted by molar-refractivity contribution is 7.18. The van der Waals surface area contributed by atoms with Crippen LogP contribution in [0.1, 0.15) is 15.2 Å². The van der Waals surface area contributed by atoms with Gasteiger partial charge in [0.15, 0.2) is 5.13 Å². The highest BCUT2D eigenvalue weighted by Gasteiger charge is 2.18. The van der Waals surface area contributed by atoms with E-state index in [2.05, 4.69) is 10.3 Å². The van der Waals surface area contributed by atoms with Crippen molar-refractivity contribution in [3.63, 3.8) is 0 Å². The standard InChI is InChI=1S/C17H13ClFN3O2S/c1-24-11-5-2-9(3-6-11)14(23)15-16(20)22-17(25-15)21-10-4-7-13(19)12(18)8-10/h2-8H,20H2,1H3,(H,21,22). The summed E-state index contributed by atoms with van der Waals surface area (Å²) in [6.45, 7) is 0. The van der Waals surface area contributed by atoms with Crippen molar-refractivity contribution < 1.29 is 13.9 Å². The van der Waals surface area contributed by atoms with Gasteiger partial charge in [-0.3, -0.25) is 4.79 Å². The molecule has 0 unspecified atom stereocenters. The maximum Gasteiger partial charge on any atom is 0.206 e. The molecule has 0 fully saturated rings. The molecule has 5 nitrogen and oxygen atoms in total. The fourth-order valence-electron chi connectivity index (χ4n) is 2.12.